The Hall–Kier alpha value is -1.88. The van der Waals surface area contributed by atoms with Gasteiger partial charge in [0.05, 0.1) is 24.2 Å². The molecule has 1 aromatic heterocycles. The first kappa shape index (κ1) is 14.5. The van der Waals surface area contributed by atoms with Gasteiger partial charge in [-0.2, -0.15) is 0 Å². The topological polar surface area (TPSA) is 59.4 Å². The van der Waals surface area contributed by atoms with Crippen molar-refractivity contribution in [3.05, 3.63) is 34.2 Å². The summed E-state index contributed by atoms with van der Waals surface area (Å²) in [4.78, 5) is 16.5. The molecule has 0 aliphatic rings. The normalized spacial score (nSPS) is 12.2. The lowest BCUT2D eigenvalue weighted by Crippen LogP contribution is -2.02. The lowest BCUT2D eigenvalue weighted by molar-refractivity contribution is -0.137. The minimum atomic E-state index is -0.788. The maximum Gasteiger partial charge on any atom is 0.303 e. The van der Waals surface area contributed by atoms with Crippen LogP contribution >= 0.6 is 11.3 Å². The Morgan fingerprint density at radius 2 is 2.05 bits per heavy atom. The van der Waals surface area contributed by atoms with E-state index in [0.717, 1.165) is 26.9 Å². The maximum absolute atomic E-state index is 10.9. The van der Waals surface area contributed by atoms with Gasteiger partial charge in [0.2, 0.25) is 0 Å². The summed E-state index contributed by atoms with van der Waals surface area (Å²) in [7, 11) is 1.63. The van der Waals surface area contributed by atoms with Gasteiger partial charge in [-0.1, -0.05) is 6.92 Å². The fraction of sp³-hybridized carbons (Fsp3) is 0.333. The van der Waals surface area contributed by atoms with Crippen LogP contribution in [0.3, 0.4) is 0 Å². The van der Waals surface area contributed by atoms with Crippen molar-refractivity contribution < 1.29 is 14.6 Å². The fourth-order valence-corrected chi connectivity index (χ4v) is 3.09. The highest BCUT2D eigenvalue weighted by Gasteiger charge is 2.19. The number of aromatic nitrogens is 1. The summed E-state index contributed by atoms with van der Waals surface area (Å²) in [6.07, 6.45) is 0.116. The predicted octanol–water partition coefficient (Wildman–Crippen LogP) is 3.71. The van der Waals surface area contributed by atoms with Gasteiger partial charge in [-0.05, 0) is 31.2 Å². The van der Waals surface area contributed by atoms with Gasteiger partial charge in [0.1, 0.15) is 5.75 Å². The van der Waals surface area contributed by atoms with Crippen LogP contribution in [-0.2, 0) is 4.79 Å². The van der Waals surface area contributed by atoms with Crippen molar-refractivity contribution in [2.45, 2.75) is 26.2 Å². The second-order valence-corrected chi connectivity index (χ2v) is 5.91. The Labute approximate surface area is 122 Å². The maximum atomic E-state index is 10.9. The zero-order chi connectivity index (χ0) is 14.7. The standard InChI is InChI=1S/C15H17NO3S/c1-9(8-13(17)18)15-14(16-10(2)20-15)11-4-6-12(19-3)7-5-11/h4-7,9H,8H2,1-3H3,(H,17,18). The number of thiazole rings is 1. The number of ether oxygens (including phenoxy) is 1. The van der Waals surface area contributed by atoms with E-state index in [1.54, 1.807) is 18.4 Å². The summed E-state index contributed by atoms with van der Waals surface area (Å²) >= 11 is 1.56. The van der Waals surface area contributed by atoms with Gasteiger partial charge in [-0.3, -0.25) is 4.79 Å². The third kappa shape index (κ3) is 3.17. The summed E-state index contributed by atoms with van der Waals surface area (Å²) in [6.45, 7) is 3.86. The Morgan fingerprint density at radius 1 is 1.40 bits per heavy atom. The van der Waals surface area contributed by atoms with Gasteiger partial charge in [-0.15, -0.1) is 11.3 Å². The second kappa shape index (κ2) is 6.05. The van der Waals surface area contributed by atoms with E-state index >= 15 is 0 Å². The molecule has 2 rings (SSSR count). The third-order valence-electron chi connectivity index (χ3n) is 3.05. The van der Waals surface area contributed by atoms with Crippen LogP contribution in [0.1, 0.15) is 29.1 Å². The molecule has 0 saturated carbocycles. The number of rotatable bonds is 5. The Balaban J connectivity index is 2.37. The Kier molecular flexibility index (Phi) is 4.39. The lowest BCUT2D eigenvalue weighted by Gasteiger charge is -2.09. The summed E-state index contributed by atoms with van der Waals surface area (Å²) in [5.74, 6) is -0.0409. The van der Waals surface area contributed by atoms with Gasteiger partial charge in [0, 0.05) is 16.4 Å². The Bertz CT molecular complexity index is 604. The van der Waals surface area contributed by atoms with Crippen LogP contribution in [0.5, 0.6) is 5.75 Å². The summed E-state index contributed by atoms with van der Waals surface area (Å²) in [6, 6.07) is 7.67. The molecule has 1 atom stereocenters. The van der Waals surface area contributed by atoms with Crippen molar-refractivity contribution in [2.75, 3.05) is 7.11 Å². The van der Waals surface area contributed by atoms with E-state index in [0.29, 0.717) is 0 Å². The van der Waals surface area contributed by atoms with Crippen LogP contribution in [0.2, 0.25) is 0 Å². The first-order chi connectivity index (χ1) is 9.51. The molecule has 1 heterocycles. The molecule has 0 saturated heterocycles. The van der Waals surface area contributed by atoms with Crippen molar-refractivity contribution >= 4 is 17.3 Å². The first-order valence-electron chi connectivity index (χ1n) is 6.34. The van der Waals surface area contributed by atoms with E-state index in [9.17, 15) is 4.79 Å². The van der Waals surface area contributed by atoms with Gasteiger partial charge < -0.3 is 9.84 Å². The van der Waals surface area contributed by atoms with E-state index in [1.165, 1.54) is 0 Å². The number of aliphatic carboxylic acids is 1. The zero-order valence-electron chi connectivity index (χ0n) is 11.7. The molecule has 20 heavy (non-hydrogen) atoms. The predicted molar refractivity (Wildman–Crippen MR) is 79.5 cm³/mol. The molecule has 0 radical (unpaired) electrons. The van der Waals surface area contributed by atoms with Crippen molar-refractivity contribution in [3.63, 3.8) is 0 Å². The molecule has 0 spiro atoms. The molecule has 4 nitrogen and oxygen atoms in total. The highest BCUT2D eigenvalue weighted by atomic mass is 32.1. The highest BCUT2D eigenvalue weighted by Crippen LogP contribution is 2.35. The van der Waals surface area contributed by atoms with E-state index < -0.39 is 5.97 Å². The van der Waals surface area contributed by atoms with Crippen LogP contribution in [0.15, 0.2) is 24.3 Å². The van der Waals surface area contributed by atoms with E-state index in [2.05, 4.69) is 4.98 Å². The molecule has 106 valence electrons. The van der Waals surface area contributed by atoms with E-state index in [4.69, 9.17) is 9.84 Å². The number of hydrogen-bond donors (Lipinski definition) is 1. The smallest absolute Gasteiger partial charge is 0.303 e. The van der Waals surface area contributed by atoms with E-state index in [-0.39, 0.29) is 12.3 Å². The number of benzene rings is 1. The van der Waals surface area contributed by atoms with Gasteiger partial charge in [0.15, 0.2) is 0 Å². The zero-order valence-corrected chi connectivity index (χ0v) is 12.5. The number of carboxylic acids is 1. The fourth-order valence-electron chi connectivity index (χ4n) is 2.09. The van der Waals surface area contributed by atoms with Crippen LogP contribution in [0.25, 0.3) is 11.3 Å². The minimum absolute atomic E-state index is 0.0456. The molecule has 0 amide bonds. The van der Waals surface area contributed by atoms with Crippen LogP contribution < -0.4 is 4.74 Å². The van der Waals surface area contributed by atoms with Crippen LogP contribution in [-0.4, -0.2) is 23.2 Å². The summed E-state index contributed by atoms with van der Waals surface area (Å²) in [5.41, 5.74) is 1.87. The highest BCUT2D eigenvalue weighted by molar-refractivity contribution is 7.12. The minimum Gasteiger partial charge on any atom is -0.497 e. The van der Waals surface area contributed by atoms with E-state index in [1.807, 2.05) is 38.1 Å². The summed E-state index contributed by atoms with van der Waals surface area (Å²) < 4.78 is 5.15. The monoisotopic (exact) mass is 291 g/mol. The first-order valence-corrected chi connectivity index (χ1v) is 7.16. The van der Waals surface area contributed by atoms with Crippen LogP contribution in [0, 0.1) is 6.92 Å². The van der Waals surface area contributed by atoms with Crippen molar-refractivity contribution in [2.24, 2.45) is 0 Å². The number of carbonyl (C=O) groups is 1. The molecule has 0 aliphatic heterocycles. The molecule has 1 unspecified atom stereocenters. The van der Waals surface area contributed by atoms with Gasteiger partial charge >= 0.3 is 5.97 Å². The van der Waals surface area contributed by atoms with Gasteiger partial charge in [0.25, 0.3) is 0 Å². The van der Waals surface area contributed by atoms with Gasteiger partial charge in [-0.25, -0.2) is 4.98 Å². The van der Waals surface area contributed by atoms with Crippen molar-refractivity contribution in [1.29, 1.82) is 0 Å². The molecule has 0 bridgehead atoms. The molecular formula is C15H17NO3S. The van der Waals surface area contributed by atoms with Crippen LogP contribution in [0.4, 0.5) is 0 Å². The quantitative estimate of drug-likeness (QED) is 0.912. The Morgan fingerprint density at radius 3 is 2.60 bits per heavy atom. The molecule has 1 aromatic carbocycles. The number of carboxylic acid groups (broad SMARTS) is 1. The summed E-state index contributed by atoms with van der Waals surface area (Å²) in [5, 5.41) is 9.90. The molecule has 2 aromatic rings. The molecular weight excluding hydrogens is 274 g/mol. The number of aryl methyl sites for hydroxylation is 1. The number of nitrogens with zero attached hydrogens (tertiary/aromatic N) is 1. The largest absolute Gasteiger partial charge is 0.497 e. The SMILES string of the molecule is COc1ccc(-c2nc(C)sc2C(C)CC(=O)O)cc1. The number of methoxy groups -OCH3 is 1. The lowest BCUT2D eigenvalue weighted by atomic mass is 10.0. The molecule has 0 aliphatic carbocycles. The number of hydrogen-bond acceptors (Lipinski definition) is 4. The van der Waals surface area contributed by atoms with Crippen molar-refractivity contribution in [3.8, 4) is 17.0 Å². The average Bonchev–Trinajstić information content (AvgIpc) is 2.80. The second-order valence-electron chi connectivity index (χ2n) is 4.67. The molecule has 0 fully saturated rings. The third-order valence-corrected chi connectivity index (χ3v) is 4.25. The molecule has 1 N–H and O–H groups in total. The molecule has 5 heteroatoms. The van der Waals surface area contributed by atoms with Crippen molar-refractivity contribution in [1.82, 2.24) is 4.98 Å². The average molecular weight is 291 g/mol.